The van der Waals surface area contributed by atoms with Gasteiger partial charge in [0, 0.05) is 6.20 Å². The van der Waals surface area contributed by atoms with Crippen molar-refractivity contribution in [1.82, 2.24) is 10.3 Å². The molecule has 0 aliphatic heterocycles. The van der Waals surface area contributed by atoms with Crippen LogP contribution in [0, 0.1) is 0 Å². The van der Waals surface area contributed by atoms with Crippen LogP contribution < -0.4 is 11.1 Å². The second-order valence-electron chi connectivity index (χ2n) is 3.96. The van der Waals surface area contributed by atoms with Gasteiger partial charge in [0.1, 0.15) is 11.7 Å². The first-order chi connectivity index (χ1) is 9.61. The molecule has 4 N–H and O–H groups in total. The maximum Gasteiger partial charge on any atom is 0.417 e. The first kappa shape index (κ1) is 16.4. The predicted molar refractivity (Wildman–Crippen MR) is 61.9 cm³/mol. The second kappa shape index (κ2) is 6.20. The van der Waals surface area contributed by atoms with Crippen molar-refractivity contribution in [3.63, 3.8) is 0 Å². The molecular weight excluding hydrogens is 295 g/mol. The van der Waals surface area contributed by atoms with Gasteiger partial charge in [-0.05, 0) is 12.1 Å². The average molecular weight is 305 g/mol. The molecule has 0 aliphatic rings. The van der Waals surface area contributed by atoms with Crippen molar-refractivity contribution in [3.05, 3.63) is 29.6 Å². The number of carbonyl (C=O) groups excluding carboxylic acids is 2. The summed E-state index contributed by atoms with van der Waals surface area (Å²) in [6.07, 6.45) is -4.81. The number of halogens is 3. The van der Waals surface area contributed by atoms with E-state index in [1.807, 2.05) is 5.32 Å². The molecule has 0 radical (unpaired) electrons. The summed E-state index contributed by atoms with van der Waals surface area (Å²) in [4.78, 5) is 36.4. The zero-order valence-electron chi connectivity index (χ0n) is 10.3. The van der Waals surface area contributed by atoms with Crippen molar-refractivity contribution in [2.75, 3.05) is 0 Å². The molecule has 0 aliphatic carbocycles. The first-order valence-electron chi connectivity index (χ1n) is 5.46. The third-order valence-corrected chi connectivity index (χ3v) is 2.33. The van der Waals surface area contributed by atoms with Gasteiger partial charge in [-0.15, -0.1) is 0 Å². The van der Waals surface area contributed by atoms with Gasteiger partial charge in [-0.1, -0.05) is 0 Å². The van der Waals surface area contributed by atoms with Gasteiger partial charge in [0.2, 0.25) is 5.91 Å². The smallest absolute Gasteiger partial charge is 0.417 e. The summed E-state index contributed by atoms with van der Waals surface area (Å²) >= 11 is 0. The molecule has 1 rings (SSSR count). The minimum Gasteiger partial charge on any atom is -0.480 e. The summed E-state index contributed by atoms with van der Waals surface area (Å²) in [5.41, 5.74) is 3.35. The van der Waals surface area contributed by atoms with Gasteiger partial charge < -0.3 is 16.2 Å². The molecule has 0 saturated heterocycles. The highest BCUT2D eigenvalue weighted by Gasteiger charge is 2.31. The largest absolute Gasteiger partial charge is 0.480 e. The number of nitrogens with zero attached hydrogens (tertiary/aromatic N) is 1. The summed E-state index contributed by atoms with van der Waals surface area (Å²) in [7, 11) is 0. The van der Waals surface area contributed by atoms with Crippen LogP contribution in [0.5, 0.6) is 0 Å². The van der Waals surface area contributed by atoms with Crippen molar-refractivity contribution in [3.8, 4) is 0 Å². The van der Waals surface area contributed by atoms with E-state index >= 15 is 0 Å². The topological polar surface area (TPSA) is 122 Å². The Morgan fingerprint density at radius 1 is 1.33 bits per heavy atom. The number of nitrogens with two attached hydrogens (primary N) is 1. The molecule has 2 amide bonds. The predicted octanol–water partition coefficient (Wildman–Crippen LogP) is 0.159. The lowest BCUT2D eigenvalue weighted by Gasteiger charge is -2.12. The quantitative estimate of drug-likeness (QED) is 0.715. The second-order valence-corrected chi connectivity index (χ2v) is 3.96. The van der Waals surface area contributed by atoms with E-state index in [1.165, 1.54) is 0 Å². The molecule has 0 aromatic carbocycles. The molecule has 1 atom stereocenters. The molecule has 10 heteroatoms. The number of nitrogens with one attached hydrogen (secondary N) is 1. The number of carboxylic acids is 1. The van der Waals surface area contributed by atoms with Gasteiger partial charge in [0.25, 0.3) is 5.91 Å². The van der Waals surface area contributed by atoms with E-state index in [4.69, 9.17) is 10.8 Å². The number of amides is 2. The van der Waals surface area contributed by atoms with E-state index in [-0.39, 0.29) is 0 Å². The van der Waals surface area contributed by atoms with Crippen LogP contribution in [-0.4, -0.2) is 33.9 Å². The number of hydrogen-bond donors (Lipinski definition) is 3. The van der Waals surface area contributed by atoms with Crippen LogP contribution in [0.4, 0.5) is 13.2 Å². The maximum atomic E-state index is 12.3. The average Bonchev–Trinajstić information content (AvgIpc) is 2.36. The van der Waals surface area contributed by atoms with Crippen LogP contribution in [-0.2, 0) is 15.8 Å². The number of aliphatic carboxylic acids is 1. The minimum atomic E-state index is -4.60. The Bertz CT molecular complexity index is 557. The standard InChI is InChI=1S/C11H10F3N3O4/c12-11(13,14)5-1-2-6(16-4-5)9(19)17-7(10(20)21)3-8(15)18/h1-2,4,7H,3H2,(H2,15,18)(H,17,19)(H,20,21)/t7-/m1/s1. The van der Waals surface area contributed by atoms with Gasteiger partial charge >= 0.3 is 12.1 Å². The molecule has 0 unspecified atom stereocenters. The number of aromatic nitrogens is 1. The number of carboxylic acid groups (broad SMARTS) is 1. The fourth-order valence-electron chi connectivity index (χ4n) is 1.33. The first-order valence-corrected chi connectivity index (χ1v) is 5.46. The highest BCUT2D eigenvalue weighted by Crippen LogP contribution is 2.28. The van der Waals surface area contributed by atoms with Gasteiger partial charge in [-0.25, -0.2) is 4.79 Å². The molecule has 7 nitrogen and oxygen atoms in total. The fourth-order valence-corrected chi connectivity index (χ4v) is 1.33. The molecule has 0 bridgehead atoms. The summed E-state index contributed by atoms with van der Waals surface area (Å²) in [5.74, 6) is -3.49. The Balaban J connectivity index is 2.83. The normalized spacial score (nSPS) is 12.5. The summed E-state index contributed by atoms with van der Waals surface area (Å²) in [6.45, 7) is 0. The summed E-state index contributed by atoms with van der Waals surface area (Å²) in [6, 6.07) is -0.160. The molecule has 21 heavy (non-hydrogen) atoms. The fraction of sp³-hybridized carbons (Fsp3) is 0.273. The van der Waals surface area contributed by atoms with E-state index in [1.54, 1.807) is 0 Å². The van der Waals surface area contributed by atoms with E-state index in [2.05, 4.69) is 4.98 Å². The van der Waals surface area contributed by atoms with E-state index < -0.39 is 47.7 Å². The number of hydrogen-bond acceptors (Lipinski definition) is 4. The van der Waals surface area contributed by atoms with Gasteiger partial charge in [-0.2, -0.15) is 13.2 Å². The molecule has 0 fully saturated rings. The molecular formula is C11H10F3N3O4. The molecule has 1 heterocycles. The van der Waals surface area contributed by atoms with Crippen LogP contribution in [0.2, 0.25) is 0 Å². The molecule has 1 aromatic heterocycles. The van der Waals surface area contributed by atoms with Crippen LogP contribution in [0.15, 0.2) is 18.3 Å². The summed E-state index contributed by atoms with van der Waals surface area (Å²) < 4.78 is 36.9. The zero-order chi connectivity index (χ0) is 16.2. The lowest BCUT2D eigenvalue weighted by atomic mass is 10.2. The lowest BCUT2D eigenvalue weighted by molar-refractivity contribution is -0.141. The number of pyridine rings is 1. The monoisotopic (exact) mass is 305 g/mol. The Hall–Kier alpha value is -2.65. The Morgan fingerprint density at radius 2 is 1.95 bits per heavy atom. The van der Waals surface area contributed by atoms with Crippen molar-refractivity contribution in [2.24, 2.45) is 5.73 Å². The number of rotatable bonds is 5. The van der Waals surface area contributed by atoms with Crippen LogP contribution in [0.25, 0.3) is 0 Å². The van der Waals surface area contributed by atoms with Crippen LogP contribution in [0.3, 0.4) is 0 Å². The van der Waals surface area contributed by atoms with Crippen LogP contribution in [0.1, 0.15) is 22.5 Å². The third kappa shape index (κ3) is 4.75. The number of carbonyl (C=O) groups is 3. The van der Waals surface area contributed by atoms with Crippen LogP contribution >= 0.6 is 0 Å². The van der Waals surface area contributed by atoms with E-state index in [0.29, 0.717) is 12.3 Å². The van der Waals surface area contributed by atoms with E-state index in [9.17, 15) is 27.6 Å². The third-order valence-electron chi connectivity index (χ3n) is 2.33. The molecule has 114 valence electrons. The Morgan fingerprint density at radius 3 is 2.33 bits per heavy atom. The molecule has 0 spiro atoms. The highest BCUT2D eigenvalue weighted by atomic mass is 19.4. The Labute approximate surface area is 116 Å². The van der Waals surface area contributed by atoms with Gasteiger partial charge in [0.05, 0.1) is 12.0 Å². The zero-order valence-corrected chi connectivity index (χ0v) is 10.3. The van der Waals surface area contributed by atoms with E-state index in [0.717, 1.165) is 6.07 Å². The molecule has 0 saturated carbocycles. The molecule has 1 aromatic rings. The minimum absolute atomic E-state index is 0.418. The van der Waals surface area contributed by atoms with Crippen molar-refractivity contribution in [2.45, 2.75) is 18.6 Å². The van der Waals surface area contributed by atoms with Gasteiger partial charge in [-0.3, -0.25) is 14.6 Å². The van der Waals surface area contributed by atoms with Crippen molar-refractivity contribution >= 4 is 17.8 Å². The van der Waals surface area contributed by atoms with Crippen molar-refractivity contribution < 1.29 is 32.7 Å². The number of alkyl halides is 3. The summed E-state index contributed by atoms with van der Waals surface area (Å²) in [5, 5.41) is 10.7. The SMILES string of the molecule is NC(=O)C[C@@H](NC(=O)c1ccc(C(F)(F)F)cn1)C(=O)O. The van der Waals surface area contributed by atoms with Gasteiger partial charge in [0.15, 0.2) is 0 Å². The highest BCUT2D eigenvalue weighted by molar-refractivity contribution is 5.96. The maximum absolute atomic E-state index is 12.3. The van der Waals surface area contributed by atoms with Crippen molar-refractivity contribution in [1.29, 1.82) is 0 Å². The Kier molecular flexibility index (Phi) is 4.84. The lowest BCUT2D eigenvalue weighted by Crippen LogP contribution is -2.43. The number of primary amides is 1.